The van der Waals surface area contributed by atoms with E-state index < -0.39 is 4.92 Å². The SMILES string of the molecule is CCC(c1ccc(O)c([N+](=O)[O-])c1)C(N)Br. The number of nitrogens with two attached hydrogens (primary N) is 1. The molecule has 0 aliphatic carbocycles. The summed E-state index contributed by atoms with van der Waals surface area (Å²) in [6, 6.07) is 4.34. The number of rotatable bonds is 4. The zero-order valence-corrected chi connectivity index (χ0v) is 10.3. The quantitative estimate of drug-likeness (QED) is 0.385. The van der Waals surface area contributed by atoms with Crippen LogP contribution in [0.5, 0.6) is 5.75 Å². The molecule has 5 nitrogen and oxygen atoms in total. The molecule has 0 radical (unpaired) electrons. The average molecular weight is 289 g/mol. The van der Waals surface area contributed by atoms with Crippen molar-refractivity contribution in [2.75, 3.05) is 0 Å². The molecule has 88 valence electrons. The van der Waals surface area contributed by atoms with Crippen LogP contribution in [-0.2, 0) is 0 Å². The van der Waals surface area contributed by atoms with Crippen LogP contribution in [-0.4, -0.2) is 15.0 Å². The van der Waals surface area contributed by atoms with Gasteiger partial charge in [0.05, 0.1) is 9.87 Å². The summed E-state index contributed by atoms with van der Waals surface area (Å²) in [6.45, 7) is 1.95. The molecule has 0 spiro atoms. The van der Waals surface area contributed by atoms with Crippen molar-refractivity contribution in [1.29, 1.82) is 0 Å². The first kappa shape index (κ1) is 12.9. The van der Waals surface area contributed by atoms with Crippen molar-refractivity contribution in [2.45, 2.75) is 24.2 Å². The van der Waals surface area contributed by atoms with Crippen LogP contribution in [0.15, 0.2) is 18.2 Å². The van der Waals surface area contributed by atoms with Gasteiger partial charge < -0.3 is 10.8 Å². The Balaban J connectivity index is 3.15. The molecule has 2 atom stereocenters. The van der Waals surface area contributed by atoms with Crippen molar-refractivity contribution < 1.29 is 10.0 Å². The minimum absolute atomic E-state index is 0.0145. The second kappa shape index (κ2) is 5.27. The summed E-state index contributed by atoms with van der Waals surface area (Å²) in [5.74, 6) is -0.342. The third kappa shape index (κ3) is 2.70. The van der Waals surface area contributed by atoms with Gasteiger partial charge in [-0.3, -0.25) is 10.1 Å². The minimum Gasteiger partial charge on any atom is -0.502 e. The molecule has 0 amide bonds. The van der Waals surface area contributed by atoms with Gasteiger partial charge >= 0.3 is 5.69 Å². The fourth-order valence-corrected chi connectivity index (χ4v) is 2.24. The molecular formula is C10H13BrN2O3. The molecule has 0 heterocycles. The first-order valence-corrected chi connectivity index (χ1v) is 5.75. The predicted octanol–water partition coefficient (Wildman–Crippen LogP) is 2.47. The van der Waals surface area contributed by atoms with E-state index in [2.05, 4.69) is 15.9 Å². The van der Waals surface area contributed by atoms with E-state index in [9.17, 15) is 15.2 Å². The van der Waals surface area contributed by atoms with Gasteiger partial charge in [-0.1, -0.05) is 28.9 Å². The van der Waals surface area contributed by atoms with Gasteiger partial charge in [-0.15, -0.1) is 0 Å². The van der Waals surface area contributed by atoms with Gasteiger partial charge in [0.1, 0.15) is 0 Å². The van der Waals surface area contributed by atoms with Crippen LogP contribution in [0.2, 0.25) is 0 Å². The van der Waals surface area contributed by atoms with Gasteiger partial charge in [-0.25, -0.2) is 0 Å². The van der Waals surface area contributed by atoms with Gasteiger partial charge in [0.2, 0.25) is 0 Å². The van der Waals surface area contributed by atoms with Crippen LogP contribution in [0.25, 0.3) is 0 Å². The third-order valence-electron chi connectivity index (χ3n) is 2.45. The maximum atomic E-state index is 10.7. The highest BCUT2D eigenvalue weighted by atomic mass is 79.9. The topological polar surface area (TPSA) is 89.4 Å². The predicted molar refractivity (Wildman–Crippen MR) is 64.7 cm³/mol. The van der Waals surface area contributed by atoms with Gasteiger partial charge in [-0.05, 0) is 18.1 Å². The number of phenols is 1. The van der Waals surface area contributed by atoms with Gasteiger partial charge in [-0.2, -0.15) is 0 Å². The molecule has 0 aliphatic rings. The summed E-state index contributed by atoms with van der Waals surface area (Å²) >= 11 is 3.26. The average Bonchev–Trinajstić information content (AvgIpc) is 2.20. The molecule has 0 saturated heterocycles. The first-order chi connectivity index (χ1) is 7.47. The summed E-state index contributed by atoms with van der Waals surface area (Å²) in [4.78, 5) is 9.79. The molecule has 6 heteroatoms. The highest BCUT2D eigenvalue weighted by Gasteiger charge is 2.20. The van der Waals surface area contributed by atoms with Crippen LogP contribution < -0.4 is 5.73 Å². The lowest BCUT2D eigenvalue weighted by atomic mass is 9.96. The maximum Gasteiger partial charge on any atom is 0.310 e. The van der Waals surface area contributed by atoms with E-state index in [-0.39, 0.29) is 22.3 Å². The molecule has 1 aromatic rings. The van der Waals surface area contributed by atoms with Crippen molar-refractivity contribution in [3.63, 3.8) is 0 Å². The van der Waals surface area contributed by atoms with E-state index in [0.29, 0.717) is 0 Å². The van der Waals surface area contributed by atoms with Crippen LogP contribution in [0.3, 0.4) is 0 Å². The number of halogens is 1. The number of nitro benzene ring substituents is 1. The van der Waals surface area contributed by atoms with Gasteiger partial charge in [0.15, 0.2) is 5.75 Å². The second-order valence-electron chi connectivity index (χ2n) is 3.46. The molecule has 16 heavy (non-hydrogen) atoms. The van der Waals surface area contributed by atoms with Crippen LogP contribution in [0.4, 0.5) is 5.69 Å². The van der Waals surface area contributed by atoms with E-state index in [1.807, 2.05) is 6.92 Å². The smallest absolute Gasteiger partial charge is 0.310 e. The largest absolute Gasteiger partial charge is 0.502 e. The van der Waals surface area contributed by atoms with E-state index in [1.165, 1.54) is 12.1 Å². The highest BCUT2D eigenvalue weighted by Crippen LogP contribution is 2.32. The van der Waals surface area contributed by atoms with E-state index in [0.717, 1.165) is 12.0 Å². The first-order valence-electron chi connectivity index (χ1n) is 4.84. The number of benzene rings is 1. The maximum absolute atomic E-state index is 10.7. The summed E-state index contributed by atoms with van der Waals surface area (Å²) in [6.07, 6.45) is 0.758. The fourth-order valence-electron chi connectivity index (χ4n) is 1.56. The third-order valence-corrected chi connectivity index (χ3v) is 3.09. The lowest BCUT2D eigenvalue weighted by Gasteiger charge is -2.17. The second-order valence-corrected chi connectivity index (χ2v) is 4.52. The van der Waals surface area contributed by atoms with Crippen molar-refractivity contribution in [1.82, 2.24) is 0 Å². The van der Waals surface area contributed by atoms with E-state index >= 15 is 0 Å². The molecule has 0 aliphatic heterocycles. The Labute approximate surface area is 102 Å². The van der Waals surface area contributed by atoms with Crippen molar-refractivity contribution in [3.05, 3.63) is 33.9 Å². The van der Waals surface area contributed by atoms with Crippen LogP contribution in [0.1, 0.15) is 24.8 Å². The summed E-state index contributed by atoms with van der Waals surface area (Å²) in [7, 11) is 0. The number of phenolic OH excluding ortho intramolecular Hbond substituents is 1. The highest BCUT2D eigenvalue weighted by molar-refractivity contribution is 9.09. The fraction of sp³-hybridized carbons (Fsp3) is 0.400. The molecule has 0 bridgehead atoms. The Morgan fingerprint density at radius 3 is 2.69 bits per heavy atom. The molecule has 0 fully saturated rings. The lowest BCUT2D eigenvalue weighted by molar-refractivity contribution is -0.385. The number of aromatic hydroxyl groups is 1. The number of nitrogens with zero attached hydrogens (tertiary/aromatic N) is 1. The normalized spacial score (nSPS) is 14.4. The summed E-state index contributed by atoms with van der Waals surface area (Å²) < 4.78 is 0. The van der Waals surface area contributed by atoms with Crippen molar-refractivity contribution >= 4 is 21.6 Å². The van der Waals surface area contributed by atoms with Crippen molar-refractivity contribution in [2.24, 2.45) is 5.73 Å². The molecular weight excluding hydrogens is 276 g/mol. The number of hydrogen-bond donors (Lipinski definition) is 2. The Kier molecular flexibility index (Phi) is 4.26. The van der Waals surface area contributed by atoms with Gasteiger partial charge in [0, 0.05) is 12.0 Å². The molecule has 3 N–H and O–H groups in total. The van der Waals surface area contributed by atoms with E-state index in [1.54, 1.807) is 6.07 Å². The number of hydrogen-bond acceptors (Lipinski definition) is 4. The van der Waals surface area contributed by atoms with Crippen molar-refractivity contribution in [3.8, 4) is 5.75 Å². The molecule has 0 aromatic heterocycles. The zero-order valence-electron chi connectivity index (χ0n) is 8.76. The van der Waals surface area contributed by atoms with Crippen LogP contribution >= 0.6 is 15.9 Å². The molecule has 0 saturated carbocycles. The Morgan fingerprint density at radius 1 is 1.62 bits per heavy atom. The Morgan fingerprint density at radius 2 is 2.25 bits per heavy atom. The number of alkyl halides is 1. The molecule has 1 rings (SSSR count). The number of nitro groups is 1. The minimum atomic E-state index is -0.606. The molecule has 1 aromatic carbocycles. The zero-order chi connectivity index (χ0) is 12.3. The molecule has 2 unspecified atom stereocenters. The summed E-state index contributed by atoms with van der Waals surface area (Å²) in [5, 5.41) is 20.0. The van der Waals surface area contributed by atoms with Gasteiger partial charge in [0.25, 0.3) is 0 Å². The lowest BCUT2D eigenvalue weighted by Crippen LogP contribution is -2.21. The Bertz CT molecular complexity index is 396. The van der Waals surface area contributed by atoms with Crippen LogP contribution in [0, 0.1) is 10.1 Å². The Hall–Kier alpha value is -1.14. The monoisotopic (exact) mass is 288 g/mol. The van der Waals surface area contributed by atoms with E-state index in [4.69, 9.17) is 5.73 Å². The standard InChI is InChI=1S/C10H13BrN2O3/c1-2-7(10(11)12)6-3-4-9(14)8(5-6)13(15)16/h3-5,7,10,14H,2,12H2,1H3. The summed E-state index contributed by atoms with van der Waals surface area (Å²) in [5.41, 5.74) is 6.19.